The maximum absolute atomic E-state index is 10.7. The first-order valence-corrected chi connectivity index (χ1v) is 3.31. The van der Waals surface area contributed by atoms with Crippen LogP contribution in [0, 0.1) is 0 Å². The van der Waals surface area contributed by atoms with Crippen LogP contribution in [0.3, 0.4) is 0 Å². The molecule has 0 rings (SSSR count). The Hall–Kier alpha value is -1.16. The topological polar surface area (TPSA) is 73.8 Å². The Morgan fingerprint density at radius 1 is 1.73 bits per heavy atom. The minimum absolute atomic E-state index is 0.228. The summed E-state index contributed by atoms with van der Waals surface area (Å²) in [6.45, 7) is 4.82. The fraction of sp³-hybridized carbons (Fsp3) is 0.429. The normalized spacial score (nSPS) is 11.8. The fourth-order valence-corrected chi connectivity index (χ4v) is 0.683. The third-order valence-corrected chi connectivity index (χ3v) is 1.17. The predicted octanol–water partition coefficient (Wildman–Crippen LogP) is -1.16. The van der Waals surface area contributed by atoms with E-state index in [1.165, 1.54) is 6.92 Å². The van der Waals surface area contributed by atoms with Crippen molar-refractivity contribution in [1.82, 2.24) is 5.32 Å². The molecule has 0 aliphatic carbocycles. The van der Waals surface area contributed by atoms with Crippen LogP contribution in [0.5, 0.6) is 0 Å². The minimum atomic E-state index is -0.509. The molecule has 0 aromatic carbocycles. The summed E-state index contributed by atoms with van der Waals surface area (Å²) in [6, 6.07) is -0.509. The molecule has 4 heteroatoms. The van der Waals surface area contributed by atoms with Crippen molar-refractivity contribution in [3.63, 3.8) is 0 Å². The number of carbonyl (C=O) groups excluding carboxylic acids is 2. The largest absolute Gasteiger partial charge is 0.341 e. The molecule has 1 unspecified atom stereocenters. The highest BCUT2D eigenvalue weighted by Gasteiger charge is 2.16. The zero-order chi connectivity index (χ0) is 8.85. The first-order valence-electron chi connectivity index (χ1n) is 3.31. The maximum Gasteiger partial charge on any atom is 0.331 e. The number of hydrogen-bond donors (Lipinski definition) is 2. The number of hydrogen-bond acceptors (Lipinski definition) is 2. The van der Waals surface area contributed by atoms with Gasteiger partial charge in [0, 0.05) is 6.92 Å². The number of rotatable bonds is 4. The SMILES string of the molecule is C=CCC(NC(C)=O)C([NH3+])=O. The lowest BCUT2D eigenvalue weighted by Gasteiger charge is -2.08. The maximum atomic E-state index is 10.7. The Kier molecular flexibility index (Phi) is 4.14. The molecule has 62 valence electrons. The van der Waals surface area contributed by atoms with Crippen molar-refractivity contribution in [1.29, 1.82) is 0 Å². The van der Waals surface area contributed by atoms with Crippen LogP contribution in [0.1, 0.15) is 13.3 Å². The van der Waals surface area contributed by atoms with E-state index in [0.717, 1.165) is 0 Å². The molecule has 0 aliphatic heterocycles. The summed E-state index contributed by atoms with van der Waals surface area (Å²) in [5.41, 5.74) is 3.21. The van der Waals surface area contributed by atoms with Crippen molar-refractivity contribution < 1.29 is 15.3 Å². The lowest BCUT2D eigenvalue weighted by atomic mass is 10.2. The third-order valence-electron chi connectivity index (χ3n) is 1.17. The average molecular weight is 157 g/mol. The minimum Gasteiger partial charge on any atom is -0.341 e. The van der Waals surface area contributed by atoms with E-state index in [4.69, 9.17) is 0 Å². The molecule has 0 heterocycles. The van der Waals surface area contributed by atoms with E-state index in [2.05, 4.69) is 17.6 Å². The molecule has 0 aromatic heterocycles. The Morgan fingerprint density at radius 2 is 2.27 bits per heavy atom. The summed E-state index contributed by atoms with van der Waals surface area (Å²) >= 11 is 0. The highest BCUT2D eigenvalue weighted by Crippen LogP contribution is 1.89. The summed E-state index contributed by atoms with van der Waals surface area (Å²) in [5.74, 6) is -0.519. The van der Waals surface area contributed by atoms with Gasteiger partial charge in [-0.2, -0.15) is 0 Å². The van der Waals surface area contributed by atoms with Crippen LogP contribution in [0.4, 0.5) is 0 Å². The van der Waals surface area contributed by atoms with E-state index in [9.17, 15) is 9.59 Å². The molecule has 0 radical (unpaired) electrons. The van der Waals surface area contributed by atoms with E-state index >= 15 is 0 Å². The van der Waals surface area contributed by atoms with Gasteiger partial charge in [0.25, 0.3) is 0 Å². The van der Waals surface area contributed by atoms with Crippen LogP contribution in [-0.2, 0) is 9.59 Å². The monoisotopic (exact) mass is 157 g/mol. The van der Waals surface area contributed by atoms with Gasteiger partial charge in [-0.25, -0.2) is 4.79 Å². The van der Waals surface area contributed by atoms with Gasteiger partial charge < -0.3 is 5.32 Å². The number of carbonyl (C=O) groups is 2. The Morgan fingerprint density at radius 3 is 2.55 bits per heavy atom. The average Bonchev–Trinajstić information content (AvgIpc) is 1.86. The molecule has 1 atom stereocenters. The Bertz CT molecular complexity index is 177. The van der Waals surface area contributed by atoms with Crippen LogP contribution in [0.2, 0.25) is 0 Å². The Labute approximate surface area is 65.5 Å². The number of amides is 2. The molecule has 0 fully saturated rings. The van der Waals surface area contributed by atoms with E-state index in [1.54, 1.807) is 6.08 Å². The van der Waals surface area contributed by atoms with Crippen molar-refractivity contribution >= 4 is 11.8 Å². The molecule has 0 saturated heterocycles. The van der Waals surface area contributed by atoms with Crippen molar-refractivity contribution in [3.05, 3.63) is 12.7 Å². The standard InChI is InChI=1S/C7H12N2O2/c1-3-4-6(7(8)11)9-5(2)10/h3,6H,1,4H2,2H3,(H2,8,11)(H,9,10)/p+1. The van der Waals surface area contributed by atoms with E-state index in [0.29, 0.717) is 6.42 Å². The summed E-state index contributed by atoms with van der Waals surface area (Å²) in [7, 11) is 0. The van der Waals surface area contributed by atoms with Crippen molar-refractivity contribution in [2.45, 2.75) is 19.4 Å². The first-order chi connectivity index (χ1) is 5.07. The lowest BCUT2D eigenvalue weighted by molar-refractivity contribution is -0.308. The summed E-state index contributed by atoms with van der Waals surface area (Å²) in [6.07, 6.45) is 2.01. The van der Waals surface area contributed by atoms with Gasteiger partial charge in [-0.15, -0.1) is 6.58 Å². The van der Waals surface area contributed by atoms with Crippen molar-refractivity contribution in [3.8, 4) is 0 Å². The van der Waals surface area contributed by atoms with Crippen LogP contribution in [0.25, 0.3) is 0 Å². The van der Waals surface area contributed by atoms with Gasteiger partial charge in [0.15, 0.2) is 0 Å². The second-order valence-electron chi connectivity index (χ2n) is 2.24. The van der Waals surface area contributed by atoms with Crippen LogP contribution < -0.4 is 11.1 Å². The molecule has 4 nitrogen and oxygen atoms in total. The van der Waals surface area contributed by atoms with E-state index in [1.807, 2.05) is 0 Å². The van der Waals surface area contributed by atoms with Gasteiger partial charge in [0.1, 0.15) is 6.04 Å². The molecule has 0 aliphatic rings. The highest BCUT2D eigenvalue weighted by atomic mass is 16.2. The second kappa shape index (κ2) is 4.62. The number of nitrogens with one attached hydrogen (secondary N) is 1. The van der Waals surface area contributed by atoms with E-state index < -0.39 is 6.04 Å². The zero-order valence-corrected chi connectivity index (χ0v) is 6.59. The third kappa shape index (κ3) is 4.27. The molecule has 4 N–H and O–H groups in total. The van der Waals surface area contributed by atoms with Gasteiger partial charge in [0.05, 0.1) is 0 Å². The molecular weight excluding hydrogens is 144 g/mol. The van der Waals surface area contributed by atoms with Gasteiger partial charge in [-0.05, 0) is 6.42 Å². The Balaban J connectivity index is 3.99. The van der Waals surface area contributed by atoms with Gasteiger partial charge in [-0.3, -0.25) is 10.5 Å². The van der Waals surface area contributed by atoms with Gasteiger partial charge in [0.2, 0.25) is 5.91 Å². The van der Waals surface area contributed by atoms with Gasteiger partial charge >= 0.3 is 5.91 Å². The smallest absolute Gasteiger partial charge is 0.331 e. The fourth-order valence-electron chi connectivity index (χ4n) is 0.683. The quantitative estimate of drug-likeness (QED) is 0.505. The van der Waals surface area contributed by atoms with Crippen LogP contribution >= 0.6 is 0 Å². The number of quaternary nitrogens is 1. The molecule has 11 heavy (non-hydrogen) atoms. The molecule has 0 bridgehead atoms. The summed E-state index contributed by atoms with van der Waals surface area (Å²) in [5, 5.41) is 2.46. The molecule has 0 aromatic rings. The van der Waals surface area contributed by atoms with Crippen LogP contribution in [-0.4, -0.2) is 17.9 Å². The van der Waals surface area contributed by atoms with Crippen LogP contribution in [0.15, 0.2) is 12.7 Å². The first kappa shape index (κ1) is 9.84. The predicted molar refractivity (Wildman–Crippen MR) is 40.3 cm³/mol. The van der Waals surface area contributed by atoms with Crippen molar-refractivity contribution in [2.75, 3.05) is 0 Å². The highest BCUT2D eigenvalue weighted by molar-refractivity contribution is 5.81. The van der Waals surface area contributed by atoms with Crippen molar-refractivity contribution in [2.24, 2.45) is 0 Å². The molecule has 2 amide bonds. The van der Waals surface area contributed by atoms with E-state index in [-0.39, 0.29) is 11.8 Å². The second-order valence-corrected chi connectivity index (χ2v) is 2.24. The van der Waals surface area contributed by atoms with Gasteiger partial charge in [-0.1, -0.05) is 6.08 Å². The molecule has 0 spiro atoms. The molecular formula is C7H13N2O2+. The summed E-state index contributed by atoms with van der Waals surface area (Å²) < 4.78 is 0. The lowest BCUT2D eigenvalue weighted by Crippen LogP contribution is -2.65. The summed E-state index contributed by atoms with van der Waals surface area (Å²) in [4.78, 5) is 21.2. The molecule has 0 saturated carbocycles. The zero-order valence-electron chi connectivity index (χ0n) is 6.59.